The molecule has 1 aromatic carbocycles. The normalized spacial score (nSPS) is 20.2. The van der Waals surface area contributed by atoms with E-state index in [0.717, 1.165) is 5.01 Å². The minimum absolute atomic E-state index is 0.128. The van der Waals surface area contributed by atoms with Crippen LogP contribution in [0.1, 0.15) is 19.8 Å². The Kier molecular flexibility index (Phi) is 4.66. The van der Waals surface area contributed by atoms with Gasteiger partial charge in [-0.05, 0) is 37.6 Å². The van der Waals surface area contributed by atoms with E-state index in [1.54, 1.807) is 35.8 Å². The molecule has 0 spiro atoms. The van der Waals surface area contributed by atoms with Crippen LogP contribution < -0.4 is 4.57 Å². The summed E-state index contributed by atoms with van der Waals surface area (Å²) >= 11 is 5.96. The van der Waals surface area contributed by atoms with Gasteiger partial charge in [0, 0.05) is 17.1 Å². The van der Waals surface area contributed by atoms with Gasteiger partial charge >= 0.3 is 6.03 Å². The minimum Gasteiger partial charge on any atom is -0.321 e. The molecule has 0 N–H and O–H groups in total. The van der Waals surface area contributed by atoms with Crippen molar-refractivity contribution >= 4 is 49.2 Å². The van der Waals surface area contributed by atoms with Crippen molar-refractivity contribution in [2.45, 2.75) is 45.4 Å². The molecule has 2 aliphatic rings. The van der Waals surface area contributed by atoms with Crippen molar-refractivity contribution < 1.29 is 14.4 Å². The highest BCUT2D eigenvalue weighted by Crippen LogP contribution is 2.29. The standard InChI is InChI=1S/C17H21ClN4O3Si/c1-11-19-21(16(24)14-9-10-15(23)20(11)14)17(25)22(26(2,3)4)13-7-5-12(18)6-8-13/h5-8,14H,9-10H2,1-4H3. The average molecular weight is 393 g/mol. The number of amides is 4. The van der Waals surface area contributed by atoms with Crippen molar-refractivity contribution in [1.29, 1.82) is 0 Å². The predicted molar refractivity (Wildman–Crippen MR) is 102 cm³/mol. The van der Waals surface area contributed by atoms with Gasteiger partial charge in [0.1, 0.15) is 11.9 Å². The molecule has 2 aliphatic heterocycles. The molecular formula is C17H21ClN4O3Si. The van der Waals surface area contributed by atoms with Crippen LogP contribution >= 0.6 is 11.6 Å². The second-order valence-electron chi connectivity index (χ2n) is 7.38. The van der Waals surface area contributed by atoms with E-state index in [1.165, 1.54) is 4.90 Å². The SMILES string of the molecule is CC1=NN(C(=O)N(c2ccc(Cl)cc2)[Si](C)(C)C)C(=O)C2CCC(=O)N12. The van der Waals surface area contributed by atoms with Gasteiger partial charge < -0.3 is 4.57 Å². The molecule has 138 valence electrons. The summed E-state index contributed by atoms with van der Waals surface area (Å²) in [7, 11) is -2.19. The van der Waals surface area contributed by atoms with Crippen LogP contribution in [-0.4, -0.2) is 47.9 Å². The Balaban J connectivity index is 1.99. The molecule has 7 nitrogen and oxygen atoms in total. The number of carbonyl (C=O) groups excluding carboxylic acids is 3. The summed E-state index contributed by atoms with van der Waals surface area (Å²) in [5.41, 5.74) is 0.671. The molecule has 3 rings (SSSR count). The number of hydrogen-bond acceptors (Lipinski definition) is 4. The molecule has 1 aromatic rings. The van der Waals surface area contributed by atoms with E-state index in [9.17, 15) is 14.4 Å². The van der Waals surface area contributed by atoms with Crippen LogP contribution in [0.25, 0.3) is 0 Å². The maximum atomic E-state index is 13.3. The first-order chi connectivity index (χ1) is 12.1. The Labute approximate surface area is 158 Å². The second-order valence-corrected chi connectivity index (χ2v) is 12.6. The van der Waals surface area contributed by atoms with Gasteiger partial charge in [0.05, 0.1) is 0 Å². The van der Waals surface area contributed by atoms with E-state index in [2.05, 4.69) is 5.10 Å². The van der Waals surface area contributed by atoms with Crippen LogP contribution in [0.4, 0.5) is 10.5 Å². The molecule has 9 heteroatoms. The first kappa shape index (κ1) is 18.6. The number of hydrogen-bond donors (Lipinski definition) is 0. The fourth-order valence-corrected chi connectivity index (χ4v) is 5.03. The van der Waals surface area contributed by atoms with Gasteiger partial charge in [-0.25, -0.2) is 4.79 Å². The molecule has 1 fully saturated rings. The number of amidine groups is 1. The van der Waals surface area contributed by atoms with Gasteiger partial charge in [-0.1, -0.05) is 31.2 Å². The van der Waals surface area contributed by atoms with Crippen LogP contribution in [0, 0.1) is 0 Å². The minimum atomic E-state index is -2.19. The first-order valence-corrected chi connectivity index (χ1v) is 12.2. The maximum Gasteiger partial charge on any atom is 0.344 e. The number of benzene rings is 1. The van der Waals surface area contributed by atoms with E-state index in [0.29, 0.717) is 29.4 Å². The predicted octanol–water partition coefficient (Wildman–Crippen LogP) is 3.27. The molecule has 1 saturated heterocycles. The fraction of sp³-hybridized carbons (Fsp3) is 0.412. The van der Waals surface area contributed by atoms with Crippen molar-refractivity contribution in [3.05, 3.63) is 29.3 Å². The van der Waals surface area contributed by atoms with Crippen molar-refractivity contribution in [2.24, 2.45) is 5.10 Å². The van der Waals surface area contributed by atoms with Crippen molar-refractivity contribution in [1.82, 2.24) is 9.91 Å². The average Bonchev–Trinajstić information content (AvgIpc) is 2.94. The molecule has 0 bridgehead atoms. The van der Waals surface area contributed by atoms with Gasteiger partial charge in [0.2, 0.25) is 5.91 Å². The number of halogens is 1. The summed E-state index contributed by atoms with van der Waals surface area (Å²) in [5.74, 6) is -0.211. The summed E-state index contributed by atoms with van der Waals surface area (Å²) in [6.07, 6.45) is 0.697. The largest absolute Gasteiger partial charge is 0.344 e. The second kappa shape index (κ2) is 6.51. The zero-order valence-electron chi connectivity index (χ0n) is 15.2. The van der Waals surface area contributed by atoms with Crippen LogP contribution in [0.2, 0.25) is 24.7 Å². The topological polar surface area (TPSA) is 73.3 Å². The Morgan fingerprint density at radius 1 is 1.23 bits per heavy atom. The number of anilines is 1. The van der Waals surface area contributed by atoms with Gasteiger partial charge in [-0.2, -0.15) is 0 Å². The first-order valence-electron chi connectivity index (χ1n) is 8.42. The molecule has 1 atom stereocenters. The van der Waals surface area contributed by atoms with Gasteiger partial charge in [0.15, 0.2) is 8.24 Å². The number of carbonyl (C=O) groups is 3. The van der Waals surface area contributed by atoms with Gasteiger partial charge in [0.25, 0.3) is 5.91 Å². The lowest BCUT2D eigenvalue weighted by Crippen LogP contribution is -2.60. The van der Waals surface area contributed by atoms with Crippen LogP contribution in [-0.2, 0) is 9.59 Å². The van der Waals surface area contributed by atoms with E-state index in [-0.39, 0.29) is 5.91 Å². The zero-order chi connectivity index (χ0) is 19.2. The quantitative estimate of drug-likeness (QED) is 0.725. The summed E-state index contributed by atoms with van der Waals surface area (Å²) in [6, 6.07) is 5.80. The third-order valence-corrected chi connectivity index (χ3v) is 6.47. The highest BCUT2D eigenvalue weighted by Gasteiger charge is 2.47. The molecule has 0 saturated carbocycles. The highest BCUT2D eigenvalue weighted by atomic mass is 35.5. The molecule has 26 heavy (non-hydrogen) atoms. The number of imide groups is 1. The Hall–Kier alpha value is -2.19. The third-order valence-electron chi connectivity index (χ3n) is 4.43. The molecule has 4 amide bonds. The monoisotopic (exact) mass is 392 g/mol. The molecule has 2 heterocycles. The lowest BCUT2D eigenvalue weighted by atomic mass is 10.2. The number of nitrogens with zero attached hydrogens (tertiary/aromatic N) is 4. The van der Waals surface area contributed by atoms with Gasteiger partial charge in [-0.15, -0.1) is 10.1 Å². The van der Waals surface area contributed by atoms with Crippen molar-refractivity contribution in [3.63, 3.8) is 0 Å². The van der Waals surface area contributed by atoms with E-state index in [4.69, 9.17) is 11.6 Å². The molecule has 0 aliphatic carbocycles. The van der Waals surface area contributed by atoms with Gasteiger partial charge in [-0.3, -0.25) is 14.5 Å². The fourth-order valence-electron chi connectivity index (χ4n) is 3.31. The van der Waals surface area contributed by atoms with E-state index >= 15 is 0 Å². The van der Waals surface area contributed by atoms with Crippen LogP contribution in [0.3, 0.4) is 0 Å². The number of urea groups is 1. The zero-order valence-corrected chi connectivity index (χ0v) is 16.9. The molecule has 0 radical (unpaired) electrons. The number of fused-ring (bicyclic) bond motifs is 1. The lowest BCUT2D eigenvalue weighted by Gasteiger charge is -2.39. The number of hydrazone groups is 1. The molecule has 0 aromatic heterocycles. The van der Waals surface area contributed by atoms with E-state index in [1.807, 2.05) is 19.6 Å². The Morgan fingerprint density at radius 3 is 2.42 bits per heavy atom. The van der Waals surface area contributed by atoms with E-state index < -0.39 is 26.2 Å². The number of rotatable bonds is 2. The third kappa shape index (κ3) is 3.14. The summed E-state index contributed by atoms with van der Waals surface area (Å²) in [5, 5.41) is 5.63. The summed E-state index contributed by atoms with van der Waals surface area (Å²) in [6.45, 7) is 7.67. The van der Waals surface area contributed by atoms with Crippen molar-refractivity contribution in [3.8, 4) is 0 Å². The van der Waals surface area contributed by atoms with Crippen LogP contribution in [0.5, 0.6) is 0 Å². The maximum absolute atomic E-state index is 13.3. The lowest BCUT2D eigenvalue weighted by molar-refractivity contribution is -0.137. The van der Waals surface area contributed by atoms with Crippen LogP contribution in [0.15, 0.2) is 29.4 Å². The summed E-state index contributed by atoms with van der Waals surface area (Å²) < 4.78 is 1.64. The smallest absolute Gasteiger partial charge is 0.321 e. The summed E-state index contributed by atoms with van der Waals surface area (Å²) in [4.78, 5) is 39.5. The highest BCUT2D eigenvalue weighted by molar-refractivity contribution is 6.83. The van der Waals surface area contributed by atoms with Crippen molar-refractivity contribution in [2.75, 3.05) is 4.57 Å². The Morgan fingerprint density at radius 2 is 1.85 bits per heavy atom. The molecular weight excluding hydrogens is 372 g/mol. The Bertz CT molecular complexity index is 803. The molecule has 1 unspecified atom stereocenters.